The summed E-state index contributed by atoms with van der Waals surface area (Å²) < 4.78 is 0. The van der Waals surface area contributed by atoms with Gasteiger partial charge in [-0.2, -0.15) is 0 Å². The van der Waals surface area contributed by atoms with Crippen LogP contribution >= 0.6 is 11.3 Å². The minimum atomic E-state index is -0.115. The number of aryl methyl sites for hydroxylation is 2. The lowest BCUT2D eigenvalue weighted by Crippen LogP contribution is -2.42. The normalized spacial score (nSPS) is 16.0. The van der Waals surface area contributed by atoms with E-state index in [-0.39, 0.29) is 17.9 Å². The summed E-state index contributed by atoms with van der Waals surface area (Å²) in [7, 11) is 0. The molecular formula is C26H32N6OS. The number of rotatable bonds is 6. The lowest BCUT2D eigenvalue weighted by atomic mass is 9.94. The zero-order chi connectivity index (χ0) is 23.8. The molecule has 1 aromatic carbocycles. The van der Waals surface area contributed by atoms with Crippen LogP contribution in [0.25, 0.3) is 21.3 Å². The molecule has 4 heterocycles. The number of nitrogens with one attached hydrogen (secondary N) is 2. The van der Waals surface area contributed by atoms with Crippen LogP contribution in [0.5, 0.6) is 0 Å². The van der Waals surface area contributed by atoms with Gasteiger partial charge in [0, 0.05) is 23.9 Å². The highest BCUT2D eigenvalue weighted by Crippen LogP contribution is 2.35. The number of carbonyl (C=O) groups is 1. The number of benzene rings is 1. The molecule has 34 heavy (non-hydrogen) atoms. The summed E-state index contributed by atoms with van der Waals surface area (Å²) in [6.45, 7) is 10.3. The molecule has 4 aromatic rings. The lowest BCUT2D eigenvalue weighted by molar-refractivity contribution is -0.126. The number of piperidine rings is 1. The highest BCUT2D eigenvalue weighted by atomic mass is 32.1. The summed E-state index contributed by atoms with van der Waals surface area (Å²) >= 11 is 1.72. The van der Waals surface area contributed by atoms with Gasteiger partial charge >= 0.3 is 0 Å². The van der Waals surface area contributed by atoms with Crippen molar-refractivity contribution in [3.8, 4) is 0 Å². The molecule has 2 N–H and O–H groups in total. The van der Waals surface area contributed by atoms with E-state index in [1.165, 1.54) is 10.4 Å². The zero-order valence-electron chi connectivity index (χ0n) is 20.3. The van der Waals surface area contributed by atoms with Crippen molar-refractivity contribution in [3.63, 3.8) is 0 Å². The first-order valence-electron chi connectivity index (χ1n) is 12.1. The molecule has 1 aliphatic heterocycles. The van der Waals surface area contributed by atoms with Crippen molar-refractivity contribution in [2.75, 3.05) is 18.0 Å². The summed E-state index contributed by atoms with van der Waals surface area (Å²) in [5, 5.41) is 4.48. The third-order valence-corrected chi connectivity index (χ3v) is 7.99. The zero-order valence-corrected chi connectivity index (χ0v) is 21.1. The Hall–Kier alpha value is -3.00. The standard InChI is InChI=1S/C26H32N6OS/c1-15(2)13-21(23-29-19-7-5-6-8-20(19)30-23)31-25(33)18-9-11-32(12-10-18)24-22-16(3)17(4)34-26(22)28-14-27-24/h5-8,14-15,18,21H,9-13H2,1-4H3,(H,29,30)(H,31,33). The van der Waals surface area contributed by atoms with Crippen molar-refractivity contribution >= 4 is 44.3 Å². The smallest absolute Gasteiger partial charge is 0.223 e. The van der Waals surface area contributed by atoms with Crippen LogP contribution in [0.15, 0.2) is 30.6 Å². The monoisotopic (exact) mass is 476 g/mol. The van der Waals surface area contributed by atoms with Crippen LogP contribution < -0.4 is 10.2 Å². The minimum absolute atomic E-state index is 0.00192. The summed E-state index contributed by atoms with van der Waals surface area (Å²) in [6, 6.07) is 7.90. The maximum Gasteiger partial charge on any atom is 0.223 e. The van der Waals surface area contributed by atoms with Crippen molar-refractivity contribution in [1.29, 1.82) is 0 Å². The number of hydrogen-bond acceptors (Lipinski definition) is 6. The lowest BCUT2D eigenvalue weighted by Gasteiger charge is -2.33. The van der Waals surface area contributed by atoms with Gasteiger partial charge in [-0.1, -0.05) is 26.0 Å². The molecule has 7 nitrogen and oxygen atoms in total. The van der Waals surface area contributed by atoms with E-state index in [4.69, 9.17) is 4.98 Å². The highest BCUT2D eigenvalue weighted by Gasteiger charge is 2.29. The predicted molar refractivity (Wildman–Crippen MR) is 138 cm³/mol. The summed E-state index contributed by atoms with van der Waals surface area (Å²) in [5.41, 5.74) is 3.20. The van der Waals surface area contributed by atoms with Gasteiger partial charge in [0.1, 0.15) is 22.8 Å². The van der Waals surface area contributed by atoms with E-state index in [1.807, 2.05) is 24.3 Å². The van der Waals surface area contributed by atoms with Crippen LogP contribution in [-0.4, -0.2) is 38.9 Å². The first kappa shape index (κ1) is 22.8. The first-order chi connectivity index (χ1) is 16.4. The van der Waals surface area contributed by atoms with Crippen LogP contribution in [-0.2, 0) is 4.79 Å². The van der Waals surface area contributed by atoms with Gasteiger partial charge in [0.25, 0.3) is 0 Å². The molecule has 0 saturated carbocycles. The fourth-order valence-electron chi connectivity index (χ4n) is 4.89. The summed E-state index contributed by atoms with van der Waals surface area (Å²) in [6.07, 6.45) is 4.14. The number of anilines is 1. The molecule has 1 amide bonds. The van der Waals surface area contributed by atoms with Gasteiger partial charge in [-0.25, -0.2) is 15.0 Å². The molecule has 5 rings (SSSR count). The number of amides is 1. The number of aromatic amines is 1. The summed E-state index contributed by atoms with van der Waals surface area (Å²) in [4.78, 5) is 35.2. The van der Waals surface area contributed by atoms with Gasteiger partial charge in [-0.3, -0.25) is 4.79 Å². The number of para-hydroxylation sites is 2. The number of carbonyl (C=O) groups excluding carboxylic acids is 1. The Labute approximate surface area is 204 Å². The van der Waals surface area contributed by atoms with E-state index in [1.54, 1.807) is 17.7 Å². The van der Waals surface area contributed by atoms with E-state index >= 15 is 0 Å². The number of aromatic nitrogens is 4. The maximum absolute atomic E-state index is 13.3. The number of hydrogen-bond donors (Lipinski definition) is 2. The second-order valence-electron chi connectivity index (χ2n) is 9.75. The van der Waals surface area contributed by atoms with Crippen LogP contribution in [0, 0.1) is 25.7 Å². The van der Waals surface area contributed by atoms with Gasteiger partial charge in [0.2, 0.25) is 5.91 Å². The number of fused-ring (bicyclic) bond motifs is 2. The molecule has 0 bridgehead atoms. The largest absolute Gasteiger partial charge is 0.356 e. The molecule has 8 heteroatoms. The van der Waals surface area contributed by atoms with E-state index in [0.29, 0.717) is 5.92 Å². The van der Waals surface area contributed by atoms with Crippen LogP contribution in [0.2, 0.25) is 0 Å². The predicted octanol–water partition coefficient (Wildman–Crippen LogP) is 5.30. The first-order valence-corrected chi connectivity index (χ1v) is 12.9. The molecular weight excluding hydrogens is 444 g/mol. The van der Waals surface area contributed by atoms with E-state index in [0.717, 1.165) is 65.2 Å². The Morgan fingerprint density at radius 1 is 1.21 bits per heavy atom. The van der Waals surface area contributed by atoms with Crippen molar-refractivity contribution in [3.05, 3.63) is 46.9 Å². The Bertz CT molecular complexity index is 1280. The molecule has 0 aliphatic carbocycles. The maximum atomic E-state index is 13.3. The highest BCUT2D eigenvalue weighted by molar-refractivity contribution is 7.18. The third kappa shape index (κ3) is 4.39. The molecule has 1 saturated heterocycles. The van der Waals surface area contributed by atoms with Crippen molar-refractivity contribution in [2.45, 2.75) is 53.0 Å². The molecule has 1 aliphatic rings. The van der Waals surface area contributed by atoms with Crippen LogP contribution in [0.4, 0.5) is 5.82 Å². The summed E-state index contributed by atoms with van der Waals surface area (Å²) in [5.74, 6) is 2.41. The van der Waals surface area contributed by atoms with Gasteiger partial charge in [0.15, 0.2) is 0 Å². The quantitative estimate of drug-likeness (QED) is 0.394. The van der Waals surface area contributed by atoms with Gasteiger partial charge in [0.05, 0.1) is 22.5 Å². The molecule has 1 unspecified atom stereocenters. The molecule has 0 radical (unpaired) electrons. The fourth-order valence-corrected chi connectivity index (χ4v) is 5.89. The van der Waals surface area contributed by atoms with E-state index < -0.39 is 0 Å². The van der Waals surface area contributed by atoms with E-state index in [2.05, 4.69) is 52.9 Å². The second-order valence-corrected chi connectivity index (χ2v) is 11.0. The van der Waals surface area contributed by atoms with E-state index in [9.17, 15) is 4.79 Å². The molecule has 0 spiro atoms. The molecule has 1 atom stereocenters. The average molecular weight is 477 g/mol. The third-order valence-electron chi connectivity index (χ3n) is 6.87. The number of H-pyrrole nitrogens is 1. The van der Waals surface area contributed by atoms with Crippen LogP contribution in [0.1, 0.15) is 55.4 Å². The molecule has 1 fully saturated rings. The van der Waals surface area contributed by atoms with Crippen molar-refractivity contribution in [1.82, 2.24) is 25.3 Å². The number of imidazole rings is 1. The van der Waals surface area contributed by atoms with Crippen molar-refractivity contribution in [2.24, 2.45) is 11.8 Å². The Balaban J connectivity index is 1.28. The number of thiophene rings is 1. The van der Waals surface area contributed by atoms with Gasteiger partial charge < -0.3 is 15.2 Å². The fraction of sp³-hybridized carbons (Fsp3) is 0.462. The molecule has 3 aromatic heterocycles. The average Bonchev–Trinajstić information content (AvgIpc) is 3.39. The topological polar surface area (TPSA) is 86.8 Å². The second kappa shape index (κ2) is 9.33. The van der Waals surface area contributed by atoms with Gasteiger partial charge in [-0.05, 0) is 56.7 Å². The minimum Gasteiger partial charge on any atom is -0.356 e. The van der Waals surface area contributed by atoms with Crippen LogP contribution in [0.3, 0.4) is 0 Å². The molecule has 178 valence electrons. The SMILES string of the molecule is Cc1sc2ncnc(N3CCC(C(=O)NC(CC(C)C)c4nc5ccccc5[nH]4)CC3)c2c1C. The Morgan fingerprint density at radius 2 is 1.97 bits per heavy atom. The number of nitrogens with zero attached hydrogens (tertiary/aromatic N) is 4. The van der Waals surface area contributed by atoms with Crippen molar-refractivity contribution < 1.29 is 4.79 Å². The van der Waals surface area contributed by atoms with Gasteiger partial charge in [-0.15, -0.1) is 11.3 Å². The Morgan fingerprint density at radius 3 is 2.71 bits per heavy atom. The Kier molecular flexibility index (Phi) is 6.25.